The van der Waals surface area contributed by atoms with Crippen molar-refractivity contribution < 1.29 is 23.5 Å². The molecule has 7 nitrogen and oxygen atoms in total. The molecule has 10 heteroatoms. The average molecular weight is 454 g/mol. The summed E-state index contributed by atoms with van der Waals surface area (Å²) in [6, 6.07) is 7.54. The number of rotatable bonds is 11. The molecule has 1 aliphatic rings. The number of thiazole rings is 1. The lowest BCUT2D eigenvalue weighted by molar-refractivity contribution is -0.110. The van der Waals surface area contributed by atoms with Crippen LogP contribution in [-0.4, -0.2) is 55.4 Å². The molecule has 1 aromatic heterocycles. The summed E-state index contributed by atoms with van der Waals surface area (Å²) in [4.78, 5) is 23.2. The first-order chi connectivity index (χ1) is 14.7. The molecule has 0 unspecified atom stereocenters. The number of oxime groups is 1. The summed E-state index contributed by atoms with van der Waals surface area (Å²) in [7, 11) is 1.70. The van der Waals surface area contributed by atoms with Gasteiger partial charge in [-0.1, -0.05) is 28.6 Å². The molecule has 1 aromatic carbocycles. The number of hydrogen-bond donors (Lipinski definition) is 1. The predicted octanol–water partition coefficient (Wildman–Crippen LogP) is 3.95. The van der Waals surface area contributed by atoms with Crippen molar-refractivity contribution in [3.05, 3.63) is 41.2 Å². The molecule has 0 radical (unpaired) electrons. The van der Waals surface area contributed by atoms with E-state index in [2.05, 4.69) is 15.5 Å². The minimum Gasteiger partial charge on any atom is -0.389 e. The maximum absolute atomic E-state index is 13.2. The van der Waals surface area contributed by atoms with Gasteiger partial charge in [0, 0.05) is 30.6 Å². The van der Waals surface area contributed by atoms with Crippen molar-refractivity contribution in [1.82, 2.24) is 4.98 Å². The Labute approximate surface area is 183 Å². The number of amides is 1. The summed E-state index contributed by atoms with van der Waals surface area (Å²) in [5.74, 6) is 0.480. The zero-order valence-corrected chi connectivity index (χ0v) is 18.3. The molecule has 0 saturated carbocycles. The van der Waals surface area contributed by atoms with Gasteiger partial charge < -0.3 is 14.3 Å². The molecule has 2 aromatic rings. The highest BCUT2D eigenvalue weighted by molar-refractivity contribution is 7.99. The molecule has 1 fully saturated rings. The third kappa shape index (κ3) is 7.05. The molecule has 3 rings (SSSR count). The van der Waals surface area contributed by atoms with E-state index in [1.807, 2.05) is 24.3 Å². The van der Waals surface area contributed by atoms with E-state index in [0.29, 0.717) is 18.8 Å². The summed E-state index contributed by atoms with van der Waals surface area (Å²) in [6.45, 7) is 1.81. The Morgan fingerprint density at radius 2 is 2.23 bits per heavy atom. The van der Waals surface area contributed by atoms with Crippen molar-refractivity contribution in [3.8, 4) is 0 Å². The van der Waals surface area contributed by atoms with E-state index in [-0.39, 0.29) is 16.9 Å². The number of anilines is 1. The molecule has 0 aliphatic carbocycles. The van der Waals surface area contributed by atoms with Gasteiger partial charge in [0.25, 0.3) is 5.91 Å². The van der Waals surface area contributed by atoms with Crippen LogP contribution < -0.4 is 5.32 Å². The van der Waals surface area contributed by atoms with Crippen LogP contribution in [0.5, 0.6) is 0 Å². The molecular formula is C20H24FN3O4S2. The SMILES string of the molecule is COCCCCSc1ccc(/C(=N\O[C@@H]2CCOC2)C(=O)Nc2ncc(F)s2)cc1. The molecule has 1 saturated heterocycles. The van der Waals surface area contributed by atoms with Crippen molar-refractivity contribution in [2.75, 3.05) is 38.0 Å². The Morgan fingerprint density at radius 1 is 1.40 bits per heavy atom. The molecule has 162 valence electrons. The smallest absolute Gasteiger partial charge is 0.280 e. The summed E-state index contributed by atoms with van der Waals surface area (Å²) >= 11 is 2.50. The van der Waals surface area contributed by atoms with Gasteiger partial charge in [-0.15, -0.1) is 11.8 Å². The van der Waals surface area contributed by atoms with E-state index < -0.39 is 11.0 Å². The number of carbonyl (C=O) groups excluding carboxylic acids is 1. The standard InChI is InChI=1S/C20H24FN3O4S2/c1-26-9-2-3-11-29-16-6-4-14(5-7-16)18(24-28-15-8-10-27-13-15)19(25)23-20-22-12-17(21)30-20/h4-7,12,15H,2-3,8-11,13H2,1H3,(H,22,23,25)/b24-18+/t15-/m1/s1. The highest BCUT2D eigenvalue weighted by Crippen LogP contribution is 2.21. The van der Waals surface area contributed by atoms with Crippen LogP contribution in [0.1, 0.15) is 24.8 Å². The number of nitrogens with one attached hydrogen (secondary N) is 1. The van der Waals surface area contributed by atoms with Gasteiger partial charge in [0.2, 0.25) is 0 Å². The van der Waals surface area contributed by atoms with Crippen LogP contribution in [0.3, 0.4) is 0 Å². The van der Waals surface area contributed by atoms with E-state index in [4.69, 9.17) is 14.3 Å². The monoisotopic (exact) mass is 453 g/mol. The molecule has 2 heterocycles. The highest BCUT2D eigenvalue weighted by atomic mass is 32.2. The lowest BCUT2D eigenvalue weighted by atomic mass is 10.1. The molecule has 30 heavy (non-hydrogen) atoms. The van der Waals surface area contributed by atoms with Crippen LogP contribution >= 0.6 is 23.1 Å². The number of hydrogen-bond acceptors (Lipinski definition) is 8. The van der Waals surface area contributed by atoms with Crippen molar-refractivity contribution in [2.24, 2.45) is 5.16 Å². The van der Waals surface area contributed by atoms with Crippen LogP contribution in [0.4, 0.5) is 9.52 Å². The lowest BCUT2D eigenvalue weighted by Gasteiger charge is -2.10. The number of ether oxygens (including phenoxy) is 2. The molecule has 1 N–H and O–H groups in total. The Morgan fingerprint density at radius 3 is 2.90 bits per heavy atom. The molecular weight excluding hydrogens is 429 g/mol. The fourth-order valence-corrected chi connectivity index (χ4v) is 4.12. The second-order valence-electron chi connectivity index (χ2n) is 6.53. The normalized spacial score (nSPS) is 16.6. The summed E-state index contributed by atoms with van der Waals surface area (Å²) in [5.41, 5.74) is 0.710. The van der Waals surface area contributed by atoms with Crippen molar-refractivity contribution in [3.63, 3.8) is 0 Å². The number of unbranched alkanes of at least 4 members (excludes halogenated alkanes) is 1. The van der Waals surface area contributed by atoms with Crippen molar-refractivity contribution in [1.29, 1.82) is 0 Å². The van der Waals surface area contributed by atoms with Gasteiger partial charge in [-0.05, 0) is 30.7 Å². The zero-order valence-electron chi connectivity index (χ0n) is 16.6. The van der Waals surface area contributed by atoms with Gasteiger partial charge in [0.1, 0.15) is 0 Å². The van der Waals surface area contributed by atoms with E-state index in [1.54, 1.807) is 18.9 Å². The number of aromatic nitrogens is 1. The molecule has 1 amide bonds. The topological polar surface area (TPSA) is 82.0 Å². The third-order valence-electron chi connectivity index (χ3n) is 4.23. The van der Waals surface area contributed by atoms with Crippen LogP contribution in [0.25, 0.3) is 0 Å². The van der Waals surface area contributed by atoms with Gasteiger partial charge in [-0.2, -0.15) is 4.39 Å². The van der Waals surface area contributed by atoms with Gasteiger partial charge in [-0.25, -0.2) is 4.98 Å². The maximum Gasteiger partial charge on any atom is 0.280 e. The number of halogens is 1. The zero-order chi connectivity index (χ0) is 21.2. The first-order valence-electron chi connectivity index (χ1n) is 9.62. The quantitative estimate of drug-likeness (QED) is 0.240. The maximum atomic E-state index is 13.2. The predicted molar refractivity (Wildman–Crippen MR) is 116 cm³/mol. The highest BCUT2D eigenvalue weighted by Gasteiger charge is 2.21. The van der Waals surface area contributed by atoms with Crippen LogP contribution in [0, 0.1) is 5.13 Å². The number of benzene rings is 1. The third-order valence-corrected chi connectivity index (χ3v) is 6.03. The van der Waals surface area contributed by atoms with Crippen LogP contribution in [-0.2, 0) is 19.1 Å². The van der Waals surface area contributed by atoms with E-state index >= 15 is 0 Å². The minimum absolute atomic E-state index is 0.106. The minimum atomic E-state index is -0.511. The van der Waals surface area contributed by atoms with Crippen molar-refractivity contribution >= 4 is 39.8 Å². The second-order valence-corrected chi connectivity index (χ2v) is 8.68. The fraction of sp³-hybridized carbons (Fsp3) is 0.450. The lowest BCUT2D eigenvalue weighted by Crippen LogP contribution is -2.25. The van der Waals surface area contributed by atoms with Gasteiger partial charge in [0.15, 0.2) is 22.1 Å². The molecule has 0 spiro atoms. The van der Waals surface area contributed by atoms with Crippen LogP contribution in [0.15, 0.2) is 40.5 Å². The Hall–Kier alpha value is -2.01. The van der Waals surface area contributed by atoms with Gasteiger partial charge in [0.05, 0.1) is 19.4 Å². The Kier molecular flexibility index (Phi) is 9.06. The Bertz CT molecular complexity index is 839. The molecule has 1 atom stereocenters. The number of nitrogens with zero attached hydrogens (tertiary/aromatic N) is 2. The number of thioether (sulfide) groups is 1. The molecule has 0 bridgehead atoms. The van der Waals surface area contributed by atoms with Crippen LogP contribution in [0.2, 0.25) is 0 Å². The van der Waals surface area contributed by atoms with Crippen molar-refractivity contribution in [2.45, 2.75) is 30.3 Å². The summed E-state index contributed by atoms with van der Waals surface area (Å²) in [6.07, 6.45) is 3.68. The van der Waals surface area contributed by atoms with E-state index in [9.17, 15) is 9.18 Å². The van der Waals surface area contributed by atoms with E-state index in [0.717, 1.165) is 54.1 Å². The number of methoxy groups -OCH3 is 1. The first-order valence-corrected chi connectivity index (χ1v) is 11.4. The van der Waals surface area contributed by atoms with E-state index in [1.165, 1.54) is 0 Å². The fourth-order valence-electron chi connectivity index (χ4n) is 2.66. The van der Waals surface area contributed by atoms with Gasteiger partial charge in [-0.3, -0.25) is 10.1 Å². The summed E-state index contributed by atoms with van der Waals surface area (Å²) in [5, 5.41) is 6.35. The average Bonchev–Trinajstić information content (AvgIpc) is 3.41. The largest absolute Gasteiger partial charge is 0.389 e. The molecule has 1 aliphatic heterocycles. The first kappa shape index (κ1) is 22.7. The summed E-state index contributed by atoms with van der Waals surface area (Å²) < 4.78 is 23.5. The number of carbonyl (C=O) groups is 1. The second kappa shape index (κ2) is 12.0. The van der Waals surface area contributed by atoms with Gasteiger partial charge >= 0.3 is 0 Å². The Balaban J connectivity index is 1.67.